The molecule has 7 nitrogen and oxygen atoms in total. The van der Waals surface area contributed by atoms with E-state index < -0.39 is 27.9 Å². The first-order valence-corrected chi connectivity index (χ1v) is 10.7. The van der Waals surface area contributed by atoms with Crippen LogP contribution in [0.1, 0.15) is 36.2 Å². The number of hydrogen-bond donors (Lipinski definition) is 2. The van der Waals surface area contributed by atoms with Crippen LogP contribution in [0.3, 0.4) is 0 Å². The topological polar surface area (TPSA) is 102 Å². The van der Waals surface area contributed by atoms with E-state index in [-0.39, 0.29) is 10.8 Å². The van der Waals surface area contributed by atoms with Crippen LogP contribution < -0.4 is 10.0 Å². The smallest absolute Gasteiger partial charge is 0.337 e. The standard InChI is InChI=1S/C21H26N2O5S/c1-14(2)13-19(23-29(26,27)18-11-5-15(3)6-12-18)20(24)22-17-9-7-16(8-10-17)21(25)28-4/h5-12,14,19,23H,13H2,1-4H3,(H,22,24)/t19-/m1/s1. The average molecular weight is 419 g/mol. The lowest BCUT2D eigenvalue weighted by molar-refractivity contribution is -0.118. The van der Waals surface area contributed by atoms with E-state index in [4.69, 9.17) is 0 Å². The molecule has 0 radical (unpaired) electrons. The fourth-order valence-corrected chi connectivity index (χ4v) is 3.90. The van der Waals surface area contributed by atoms with Gasteiger partial charge >= 0.3 is 5.97 Å². The fraction of sp³-hybridized carbons (Fsp3) is 0.333. The largest absolute Gasteiger partial charge is 0.465 e. The number of sulfonamides is 1. The van der Waals surface area contributed by atoms with E-state index >= 15 is 0 Å². The van der Waals surface area contributed by atoms with E-state index in [9.17, 15) is 18.0 Å². The molecule has 2 aromatic carbocycles. The van der Waals surface area contributed by atoms with Crippen LogP contribution in [0.4, 0.5) is 5.69 Å². The van der Waals surface area contributed by atoms with Crippen molar-refractivity contribution in [1.82, 2.24) is 4.72 Å². The SMILES string of the molecule is COC(=O)c1ccc(NC(=O)[C@@H](CC(C)C)NS(=O)(=O)c2ccc(C)cc2)cc1. The Morgan fingerprint density at radius 2 is 1.59 bits per heavy atom. The van der Waals surface area contributed by atoms with Crippen molar-refractivity contribution in [3.05, 3.63) is 59.7 Å². The number of esters is 1. The molecular weight excluding hydrogens is 392 g/mol. The summed E-state index contributed by atoms with van der Waals surface area (Å²) in [5.41, 5.74) is 1.74. The summed E-state index contributed by atoms with van der Waals surface area (Å²) in [7, 11) is -2.57. The third kappa shape index (κ3) is 6.40. The van der Waals surface area contributed by atoms with Gasteiger partial charge in [0, 0.05) is 5.69 Å². The van der Waals surface area contributed by atoms with Crippen LogP contribution in [-0.4, -0.2) is 33.4 Å². The number of rotatable bonds is 8. The number of anilines is 1. The van der Waals surface area contributed by atoms with Crippen LogP contribution in [0.5, 0.6) is 0 Å². The van der Waals surface area contributed by atoms with Gasteiger partial charge in [-0.05, 0) is 55.7 Å². The number of methoxy groups -OCH3 is 1. The molecule has 0 saturated heterocycles. The minimum Gasteiger partial charge on any atom is -0.465 e. The zero-order valence-corrected chi connectivity index (χ0v) is 17.7. The molecule has 0 saturated carbocycles. The summed E-state index contributed by atoms with van der Waals surface area (Å²) in [4.78, 5) is 24.4. The molecule has 8 heteroatoms. The Labute approximate surface area is 171 Å². The molecule has 0 aliphatic carbocycles. The highest BCUT2D eigenvalue weighted by molar-refractivity contribution is 7.89. The van der Waals surface area contributed by atoms with Crippen molar-refractivity contribution in [2.75, 3.05) is 12.4 Å². The van der Waals surface area contributed by atoms with Gasteiger partial charge in [0.1, 0.15) is 6.04 Å². The second-order valence-electron chi connectivity index (χ2n) is 7.17. The molecule has 0 unspecified atom stereocenters. The van der Waals surface area contributed by atoms with Crippen LogP contribution >= 0.6 is 0 Å². The van der Waals surface area contributed by atoms with Gasteiger partial charge < -0.3 is 10.1 Å². The highest BCUT2D eigenvalue weighted by Crippen LogP contribution is 2.16. The van der Waals surface area contributed by atoms with Crippen LogP contribution in [0.15, 0.2) is 53.4 Å². The van der Waals surface area contributed by atoms with Crippen molar-refractivity contribution in [2.45, 2.75) is 38.1 Å². The summed E-state index contributed by atoms with van der Waals surface area (Å²) in [5.74, 6) is -0.861. The molecule has 2 N–H and O–H groups in total. The number of aryl methyl sites for hydroxylation is 1. The first-order chi connectivity index (χ1) is 13.6. The molecule has 0 bridgehead atoms. The van der Waals surface area contributed by atoms with E-state index in [1.54, 1.807) is 24.3 Å². The summed E-state index contributed by atoms with van der Waals surface area (Å²) in [6, 6.07) is 11.6. The molecule has 2 aromatic rings. The molecule has 2 rings (SSSR count). The molecule has 0 aliphatic heterocycles. The molecule has 1 amide bonds. The van der Waals surface area contributed by atoms with Gasteiger partial charge in [-0.1, -0.05) is 31.5 Å². The number of ether oxygens (including phenoxy) is 1. The maximum absolute atomic E-state index is 12.8. The predicted octanol–water partition coefficient (Wildman–Crippen LogP) is 3.11. The first kappa shape index (κ1) is 22.6. The summed E-state index contributed by atoms with van der Waals surface area (Å²) in [6.07, 6.45) is 0.331. The molecule has 0 fully saturated rings. The Hall–Kier alpha value is -2.71. The molecule has 1 atom stereocenters. The van der Waals surface area contributed by atoms with Crippen molar-refractivity contribution in [1.29, 1.82) is 0 Å². The van der Waals surface area contributed by atoms with Gasteiger partial charge in [0.25, 0.3) is 0 Å². The van der Waals surface area contributed by atoms with Crippen LogP contribution in [0, 0.1) is 12.8 Å². The van der Waals surface area contributed by atoms with Gasteiger partial charge in [-0.3, -0.25) is 4.79 Å². The zero-order valence-electron chi connectivity index (χ0n) is 16.9. The van der Waals surface area contributed by atoms with Crippen molar-refractivity contribution < 1.29 is 22.7 Å². The predicted molar refractivity (Wildman–Crippen MR) is 111 cm³/mol. The summed E-state index contributed by atoms with van der Waals surface area (Å²) < 4.78 is 32.6. The number of benzene rings is 2. The molecule has 156 valence electrons. The lowest BCUT2D eigenvalue weighted by atomic mass is 10.0. The van der Waals surface area contributed by atoms with Gasteiger partial charge in [-0.25, -0.2) is 13.2 Å². The van der Waals surface area contributed by atoms with Crippen molar-refractivity contribution >= 4 is 27.6 Å². The lowest BCUT2D eigenvalue weighted by Gasteiger charge is -2.20. The normalized spacial score (nSPS) is 12.4. The Morgan fingerprint density at radius 3 is 2.10 bits per heavy atom. The van der Waals surface area contributed by atoms with Crippen LogP contribution in [-0.2, 0) is 19.6 Å². The molecule has 0 aliphatic rings. The Kier molecular flexibility index (Phi) is 7.53. The summed E-state index contributed by atoms with van der Waals surface area (Å²) in [5, 5.41) is 2.70. The lowest BCUT2D eigenvalue weighted by Crippen LogP contribution is -2.44. The van der Waals surface area contributed by atoms with E-state index in [0.717, 1.165) is 5.56 Å². The Balaban J connectivity index is 2.17. The van der Waals surface area contributed by atoms with Crippen molar-refractivity contribution in [3.8, 4) is 0 Å². The van der Waals surface area contributed by atoms with E-state index in [2.05, 4.69) is 14.8 Å². The maximum Gasteiger partial charge on any atom is 0.337 e. The van der Waals surface area contributed by atoms with Gasteiger partial charge in [-0.15, -0.1) is 0 Å². The van der Waals surface area contributed by atoms with Crippen molar-refractivity contribution in [2.24, 2.45) is 5.92 Å². The highest BCUT2D eigenvalue weighted by atomic mass is 32.2. The quantitative estimate of drug-likeness (QED) is 0.642. The van der Waals surface area contributed by atoms with Crippen molar-refractivity contribution in [3.63, 3.8) is 0 Å². The third-order valence-corrected chi connectivity index (χ3v) is 5.71. The minimum atomic E-state index is -3.85. The Morgan fingerprint density at radius 1 is 1.00 bits per heavy atom. The highest BCUT2D eigenvalue weighted by Gasteiger charge is 2.26. The van der Waals surface area contributed by atoms with E-state index in [1.165, 1.54) is 31.4 Å². The summed E-state index contributed by atoms with van der Waals surface area (Å²) in [6.45, 7) is 5.68. The maximum atomic E-state index is 12.8. The fourth-order valence-electron chi connectivity index (χ4n) is 2.69. The molecule has 0 spiro atoms. The van der Waals surface area contributed by atoms with Gasteiger partial charge in [-0.2, -0.15) is 4.72 Å². The zero-order chi connectivity index (χ0) is 21.6. The molecular formula is C21H26N2O5S. The number of hydrogen-bond acceptors (Lipinski definition) is 5. The van der Waals surface area contributed by atoms with Crippen LogP contribution in [0.2, 0.25) is 0 Å². The van der Waals surface area contributed by atoms with E-state index in [1.807, 2.05) is 20.8 Å². The van der Waals surface area contributed by atoms with Crippen LogP contribution in [0.25, 0.3) is 0 Å². The first-order valence-electron chi connectivity index (χ1n) is 9.20. The van der Waals surface area contributed by atoms with Gasteiger partial charge in [0.2, 0.25) is 15.9 Å². The van der Waals surface area contributed by atoms with Gasteiger partial charge in [0.05, 0.1) is 17.6 Å². The second-order valence-corrected chi connectivity index (χ2v) is 8.89. The number of amides is 1. The minimum absolute atomic E-state index is 0.0909. The second kappa shape index (κ2) is 9.67. The third-order valence-electron chi connectivity index (χ3n) is 4.23. The number of nitrogens with one attached hydrogen (secondary N) is 2. The molecule has 0 heterocycles. The average Bonchev–Trinajstić information content (AvgIpc) is 2.67. The summed E-state index contributed by atoms with van der Waals surface area (Å²) >= 11 is 0. The number of carbonyl (C=O) groups excluding carboxylic acids is 2. The number of carbonyl (C=O) groups is 2. The molecule has 0 aromatic heterocycles. The monoisotopic (exact) mass is 418 g/mol. The molecule has 29 heavy (non-hydrogen) atoms. The van der Waals surface area contributed by atoms with Gasteiger partial charge in [0.15, 0.2) is 0 Å². The van der Waals surface area contributed by atoms with E-state index in [0.29, 0.717) is 17.7 Å². The Bertz CT molecular complexity index is 952.